The number of benzene rings is 2. The summed E-state index contributed by atoms with van der Waals surface area (Å²) in [7, 11) is 0. The summed E-state index contributed by atoms with van der Waals surface area (Å²) in [5.74, 6) is 0.765. The largest absolute Gasteiger partial charge is 0.484 e. The van der Waals surface area contributed by atoms with E-state index in [1.54, 1.807) is 12.1 Å². The highest BCUT2D eigenvalue weighted by atomic mass is 35.5. The number of hydrogen-bond acceptors (Lipinski definition) is 4. The molecule has 6 nitrogen and oxygen atoms in total. The highest BCUT2D eigenvalue weighted by Crippen LogP contribution is 2.30. The molecule has 2 aromatic carbocycles. The van der Waals surface area contributed by atoms with Crippen LogP contribution >= 0.6 is 11.6 Å². The second-order valence-corrected chi connectivity index (χ2v) is 8.30. The van der Waals surface area contributed by atoms with Crippen molar-refractivity contribution in [1.29, 1.82) is 0 Å². The van der Waals surface area contributed by atoms with Crippen LogP contribution < -0.4 is 10.1 Å². The fraction of sp³-hybridized carbons (Fsp3) is 0.391. The Balaban J connectivity index is 1.21. The molecule has 2 amide bonds. The van der Waals surface area contributed by atoms with Crippen molar-refractivity contribution in [1.82, 2.24) is 9.80 Å². The number of hydrogen-bond donors (Lipinski definition) is 1. The Kier molecular flexibility index (Phi) is 6.55. The number of halogens is 1. The molecule has 0 bridgehead atoms. The molecule has 1 saturated heterocycles. The standard InChI is InChI=1S/C23H26ClN3O3/c24-19-8-4-17(5-9-19)15-26-10-12-27(13-11-26)22(28)16-30-21-3-1-2-20(14-21)25-23(29)18-6-7-18/h1-5,8-9,14,18H,6-7,10-13,15-16H2,(H,25,29). The normalized spacial score (nSPS) is 16.9. The SMILES string of the molecule is O=C(Nc1cccc(OCC(=O)N2CCN(Cc3ccc(Cl)cc3)CC2)c1)C1CC1. The lowest BCUT2D eigenvalue weighted by Gasteiger charge is -2.34. The highest BCUT2D eigenvalue weighted by Gasteiger charge is 2.29. The van der Waals surface area contributed by atoms with Crippen LogP contribution in [0, 0.1) is 5.92 Å². The van der Waals surface area contributed by atoms with Gasteiger partial charge in [-0.3, -0.25) is 14.5 Å². The first kappa shape index (κ1) is 20.7. The van der Waals surface area contributed by atoms with Crippen molar-refractivity contribution >= 4 is 29.1 Å². The molecule has 0 radical (unpaired) electrons. The summed E-state index contributed by atoms with van der Waals surface area (Å²) in [6.07, 6.45) is 1.92. The predicted molar refractivity (Wildman–Crippen MR) is 117 cm³/mol. The molecule has 2 fully saturated rings. The van der Waals surface area contributed by atoms with Gasteiger partial charge in [0.15, 0.2) is 6.61 Å². The maximum absolute atomic E-state index is 12.5. The minimum atomic E-state index is -0.0199. The zero-order valence-corrected chi connectivity index (χ0v) is 17.6. The Morgan fingerprint density at radius 3 is 2.47 bits per heavy atom. The Morgan fingerprint density at radius 1 is 1.03 bits per heavy atom. The first-order chi connectivity index (χ1) is 14.6. The molecule has 1 aliphatic heterocycles. The van der Waals surface area contributed by atoms with Gasteiger partial charge < -0.3 is 15.0 Å². The molecular weight excluding hydrogens is 402 g/mol. The molecule has 0 unspecified atom stereocenters. The molecule has 0 aromatic heterocycles. The number of ether oxygens (including phenoxy) is 1. The molecule has 1 heterocycles. The van der Waals surface area contributed by atoms with Crippen LogP contribution in [0.2, 0.25) is 5.02 Å². The maximum atomic E-state index is 12.5. The zero-order valence-electron chi connectivity index (χ0n) is 16.9. The van der Waals surface area contributed by atoms with Gasteiger partial charge in [0.2, 0.25) is 5.91 Å². The van der Waals surface area contributed by atoms with Gasteiger partial charge in [-0.1, -0.05) is 29.8 Å². The monoisotopic (exact) mass is 427 g/mol. The molecule has 158 valence electrons. The van der Waals surface area contributed by atoms with Crippen molar-refractivity contribution in [3.05, 3.63) is 59.1 Å². The van der Waals surface area contributed by atoms with Crippen LogP contribution in [0.4, 0.5) is 5.69 Å². The summed E-state index contributed by atoms with van der Waals surface area (Å²) in [5.41, 5.74) is 1.92. The molecular formula is C23H26ClN3O3. The highest BCUT2D eigenvalue weighted by molar-refractivity contribution is 6.30. The predicted octanol–water partition coefficient (Wildman–Crippen LogP) is 3.41. The summed E-state index contributed by atoms with van der Waals surface area (Å²) in [5, 5.41) is 3.64. The van der Waals surface area contributed by atoms with Gasteiger partial charge in [-0.25, -0.2) is 0 Å². The molecule has 1 N–H and O–H groups in total. The van der Waals surface area contributed by atoms with E-state index in [1.165, 1.54) is 5.56 Å². The Labute approximate surface area is 181 Å². The molecule has 7 heteroatoms. The smallest absolute Gasteiger partial charge is 0.260 e. The van der Waals surface area contributed by atoms with E-state index in [0.29, 0.717) is 24.5 Å². The molecule has 2 aromatic rings. The van der Waals surface area contributed by atoms with Crippen LogP contribution in [0.25, 0.3) is 0 Å². The first-order valence-corrected chi connectivity index (χ1v) is 10.7. The van der Waals surface area contributed by atoms with Gasteiger partial charge in [-0.15, -0.1) is 0 Å². The second-order valence-electron chi connectivity index (χ2n) is 7.86. The van der Waals surface area contributed by atoms with Crippen molar-refractivity contribution in [2.24, 2.45) is 5.92 Å². The van der Waals surface area contributed by atoms with E-state index in [-0.39, 0.29) is 24.3 Å². The van der Waals surface area contributed by atoms with E-state index < -0.39 is 0 Å². The van der Waals surface area contributed by atoms with Gasteiger partial charge in [-0.2, -0.15) is 0 Å². The molecule has 0 atom stereocenters. The Morgan fingerprint density at radius 2 is 1.77 bits per heavy atom. The molecule has 1 saturated carbocycles. The number of nitrogens with zero attached hydrogens (tertiary/aromatic N) is 2. The molecule has 1 aliphatic carbocycles. The Bertz CT molecular complexity index is 891. The second kappa shape index (κ2) is 9.49. The lowest BCUT2D eigenvalue weighted by Crippen LogP contribution is -2.49. The van der Waals surface area contributed by atoms with Crippen LogP contribution in [-0.4, -0.2) is 54.4 Å². The van der Waals surface area contributed by atoms with Crippen LogP contribution in [0.3, 0.4) is 0 Å². The lowest BCUT2D eigenvalue weighted by atomic mass is 10.2. The average Bonchev–Trinajstić information content (AvgIpc) is 3.60. The van der Waals surface area contributed by atoms with Gasteiger partial charge in [0, 0.05) is 55.4 Å². The quantitative estimate of drug-likeness (QED) is 0.735. The summed E-state index contributed by atoms with van der Waals surface area (Å²) >= 11 is 5.94. The van der Waals surface area contributed by atoms with E-state index in [4.69, 9.17) is 16.3 Å². The minimum Gasteiger partial charge on any atom is -0.484 e. The van der Waals surface area contributed by atoms with Crippen molar-refractivity contribution in [2.45, 2.75) is 19.4 Å². The summed E-state index contributed by atoms with van der Waals surface area (Å²) in [4.78, 5) is 28.6. The van der Waals surface area contributed by atoms with Crippen molar-refractivity contribution in [3.8, 4) is 5.75 Å². The number of rotatable bonds is 7. The zero-order chi connectivity index (χ0) is 20.9. The molecule has 0 spiro atoms. The number of piperazine rings is 1. The number of anilines is 1. The lowest BCUT2D eigenvalue weighted by molar-refractivity contribution is -0.135. The number of amides is 2. The number of carbonyl (C=O) groups excluding carboxylic acids is 2. The van der Waals surface area contributed by atoms with E-state index >= 15 is 0 Å². The van der Waals surface area contributed by atoms with E-state index in [0.717, 1.165) is 37.5 Å². The third-order valence-corrected chi connectivity index (χ3v) is 5.71. The van der Waals surface area contributed by atoms with Crippen LogP contribution in [-0.2, 0) is 16.1 Å². The third kappa shape index (κ3) is 5.74. The maximum Gasteiger partial charge on any atom is 0.260 e. The Hall–Kier alpha value is -2.57. The number of carbonyl (C=O) groups is 2. The van der Waals surface area contributed by atoms with Crippen LogP contribution in [0.5, 0.6) is 5.75 Å². The fourth-order valence-electron chi connectivity index (χ4n) is 3.49. The van der Waals surface area contributed by atoms with E-state index in [1.807, 2.05) is 41.3 Å². The summed E-state index contributed by atoms with van der Waals surface area (Å²) in [6, 6.07) is 15.1. The van der Waals surface area contributed by atoms with Crippen LogP contribution in [0.1, 0.15) is 18.4 Å². The van der Waals surface area contributed by atoms with Gasteiger partial charge in [0.1, 0.15) is 5.75 Å². The topological polar surface area (TPSA) is 61.9 Å². The average molecular weight is 428 g/mol. The third-order valence-electron chi connectivity index (χ3n) is 5.46. The van der Waals surface area contributed by atoms with Gasteiger partial charge in [0.25, 0.3) is 5.91 Å². The van der Waals surface area contributed by atoms with Crippen molar-refractivity contribution < 1.29 is 14.3 Å². The van der Waals surface area contributed by atoms with Crippen LogP contribution in [0.15, 0.2) is 48.5 Å². The van der Waals surface area contributed by atoms with Gasteiger partial charge in [-0.05, 0) is 42.7 Å². The minimum absolute atomic E-state index is 0.00277. The van der Waals surface area contributed by atoms with E-state index in [9.17, 15) is 9.59 Å². The molecule has 4 rings (SSSR count). The van der Waals surface area contributed by atoms with E-state index in [2.05, 4.69) is 10.2 Å². The molecule has 30 heavy (non-hydrogen) atoms. The first-order valence-electron chi connectivity index (χ1n) is 10.3. The fourth-order valence-corrected chi connectivity index (χ4v) is 3.62. The summed E-state index contributed by atoms with van der Waals surface area (Å²) < 4.78 is 5.68. The van der Waals surface area contributed by atoms with Gasteiger partial charge >= 0.3 is 0 Å². The van der Waals surface area contributed by atoms with Crippen molar-refractivity contribution in [2.75, 3.05) is 38.1 Å². The summed E-state index contributed by atoms with van der Waals surface area (Å²) in [6.45, 7) is 3.89. The molecule has 2 aliphatic rings. The van der Waals surface area contributed by atoms with Crippen molar-refractivity contribution in [3.63, 3.8) is 0 Å². The number of nitrogens with one attached hydrogen (secondary N) is 1. The van der Waals surface area contributed by atoms with Gasteiger partial charge in [0.05, 0.1) is 0 Å².